The molecule has 0 saturated heterocycles. The van der Waals surface area contributed by atoms with Gasteiger partial charge in [0, 0.05) is 5.56 Å². The molecule has 1 fully saturated rings. The number of hydrazine groups is 1. The molecule has 118 valence electrons. The molecule has 0 aromatic heterocycles. The zero-order valence-electron chi connectivity index (χ0n) is 13.0. The number of halogens is 2. The molecular formula is C17H26F2N2. The van der Waals surface area contributed by atoms with E-state index in [0.29, 0.717) is 5.56 Å². The van der Waals surface area contributed by atoms with E-state index in [4.69, 9.17) is 5.84 Å². The zero-order valence-corrected chi connectivity index (χ0v) is 13.0. The van der Waals surface area contributed by atoms with E-state index >= 15 is 0 Å². The highest BCUT2D eigenvalue weighted by Crippen LogP contribution is 2.39. The van der Waals surface area contributed by atoms with Gasteiger partial charge in [-0.2, -0.15) is 0 Å². The van der Waals surface area contributed by atoms with Crippen molar-refractivity contribution < 1.29 is 8.78 Å². The zero-order chi connectivity index (χ0) is 15.4. The maximum Gasteiger partial charge on any atom is 0.133 e. The van der Waals surface area contributed by atoms with Gasteiger partial charge < -0.3 is 0 Å². The van der Waals surface area contributed by atoms with Crippen molar-refractivity contribution in [2.45, 2.75) is 58.4 Å². The molecule has 1 aromatic carbocycles. The number of hydrogen-bond acceptors (Lipinski definition) is 2. The second-order valence-corrected chi connectivity index (χ2v) is 6.31. The molecule has 2 rings (SSSR count). The summed E-state index contributed by atoms with van der Waals surface area (Å²) in [6.07, 6.45) is 6.67. The first-order chi connectivity index (χ1) is 10.1. The van der Waals surface area contributed by atoms with Crippen molar-refractivity contribution in [2.24, 2.45) is 17.7 Å². The summed E-state index contributed by atoms with van der Waals surface area (Å²) in [6.45, 7) is 3.86. The molecule has 0 bridgehead atoms. The molecule has 1 saturated carbocycles. The number of benzene rings is 1. The van der Waals surface area contributed by atoms with E-state index in [9.17, 15) is 8.78 Å². The minimum atomic E-state index is -0.503. The Balaban J connectivity index is 2.16. The van der Waals surface area contributed by atoms with Gasteiger partial charge in [0.15, 0.2) is 0 Å². The largest absolute Gasteiger partial charge is 0.271 e. The second-order valence-electron chi connectivity index (χ2n) is 6.31. The van der Waals surface area contributed by atoms with Crippen LogP contribution in [0.25, 0.3) is 0 Å². The Kier molecular flexibility index (Phi) is 5.71. The third kappa shape index (κ3) is 3.61. The van der Waals surface area contributed by atoms with E-state index in [1.165, 1.54) is 25.0 Å². The van der Waals surface area contributed by atoms with Crippen LogP contribution in [0.4, 0.5) is 8.78 Å². The fraction of sp³-hybridized carbons (Fsp3) is 0.647. The van der Waals surface area contributed by atoms with Crippen molar-refractivity contribution in [3.8, 4) is 0 Å². The Labute approximate surface area is 126 Å². The highest BCUT2D eigenvalue weighted by molar-refractivity contribution is 5.29. The number of aryl methyl sites for hydroxylation is 1. The minimum absolute atomic E-state index is 0.108. The molecular weight excluding hydrogens is 270 g/mol. The fourth-order valence-electron chi connectivity index (χ4n) is 3.64. The van der Waals surface area contributed by atoms with E-state index in [1.807, 2.05) is 0 Å². The molecule has 2 nitrogen and oxygen atoms in total. The summed E-state index contributed by atoms with van der Waals surface area (Å²) in [7, 11) is 0. The highest BCUT2D eigenvalue weighted by atomic mass is 19.1. The first-order valence-corrected chi connectivity index (χ1v) is 7.99. The third-order valence-electron chi connectivity index (χ3n) is 4.87. The van der Waals surface area contributed by atoms with Crippen LogP contribution in [0.5, 0.6) is 0 Å². The van der Waals surface area contributed by atoms with Crippen LogP contribution in [0.1, 0.15) is 62.6 Å². The lowest BCUT2D eigenvalue weighted by molar-refractivity contribution is 0.209. The van der Waals surface area contributed by atoms with E-state index in [-0.39, 0.29) is 11.5 Å². The van der Waals surface area contributed by atoms with Crippen molar-refractivity contribution >= 4 is 0 Å². The van der Waals surface area contributed by atoms with Gasteiger partial charge in [0.05, 0.1) is 6.04 Å². The molecule has 1 unspecified atom stereocenters. The standard InChI is InChI=1S/C17H26F2N2/c1-3-4-12-6-8-13(9-7-12)17(21-20)15-14(18)10-5-11(2)16(15)19/h5,10,12-13,17,21H,3-4,6-9,20H2,1-2H3. The molecule has 4 heteroatoms. The fourth-order valence-corrected chi connectivity index (χ4v) is 3.64. The SMILES string of the molecule is CCCC1CCC(C(NN)c2c(F)ccc(C)c2F)CC1. The molecule has 1 aliphatic carbocycles. The maximum absolute atomic E-state index is 14.3. The van der Waals surface area contributed by atoms with E-state index < -0.39 is 17.7 Å². The summed E-state index contributed by atoms with van der Waals surface area (Å²) >= 11 is 0. The van der Waals surface area contributed by atoms with Crippen LogP contribution in [0.3, 0.4) is 0 Å². The van der Waals surface area contributed by atoms with E-state index in [2.05, 4.69) is 12.3 Å². The molecule has 1 aromatic rings. The van der Waals surface area contributed by atoms with Gasteiger partial charge in [-0.25, -0.2) is 8.78 Å². The second kappa shape index (κ2) is 7.32. The van der Waals surface area contributed by atoms with Crippen molar-refractivity contribution in [3.05, 3.63) is 34.9 Å². The summed E-state index contributed by atoms with van der Waals surface area (Å²) in [5, 5.41) is 0. The number of nitrogens with two attached hydrogens (primary N) is 1. The van der Waals surface area contributed by atoms with Crippen LogP contribution in [-0.4, -0.2) is 0 Å². The van der Waals surface area contributed by atoms with Gasteiger partial charge in [-0.1, -0.05) is 38.7 Å². The van der Waals surface area contributed by atoms with Crippen LogP contribution in [0.2, 0.25) is 0 Å². The lowest BCUT2D eigenvalue weighted by atomic mass is 9.75. The van der Waals surface area contributed by atoms with E-state index in [0.717, 1.165) is 31.6 Å². The van der Waals surface area contributed by atoms with Gasteiger partial charge in [-0.15, -0.1) is 0 Å². The smallest absolute Gasteiger partial charge is 0.133 e. The van der Waals surface area contributed by atoms with Crippen LogP contribution < -0.4 is 11.3 Å². The van der Waals surface area contributed by atoms with Crippen LogP contribution in [0, 0.1) is 30.4 Å². The Morgan fingerprint density at radius 1 is 1.24 bits per heavy atom. The van der Waals surface area contributed by atoms with Crippen molar-refractivity contribution in [3.63, 3.8) is 0 Å². The van der Waals surface area contributed by atoms with E-state index in [1.54, 1.807) is 6.92 Å². The first-order valence-electron chi connectivity index (χ1n) is 7.99. The summed E-state index contributed by atoms with van der Waals surface area (Å²) in [6, 6.07) is 2.37. The molecule has 3 N–H and O–H groups in total. The quantitative estimate of drug-likeness (QED) is 0.625. The van der Waals surface area contributed by atoms with Gasteiger partial charge in [-0.3, -0.25) is 11.3 Å². The Morgan fingerprint density at radius 2 is 1.90 bits per heavy atom. The lowest BCUT2D eigenvalue weighted by Crippen LogP contribution is -2.36. The predicted octanol–water partition coefficient (Wildman–Crippen LogP) is 4.38. The molecule has 21 heavy (non-hydrogen) atoms. The van der Waals surface area contributed by atoms with Gasteiger partial charge in [0.25, 0.3) is 0 Å². The van der Waals surface area contributed by atoms with Crippen molar-refractivity contribution in [2.75, 3.05) is 0 Å². The van der Waals surface area contributed by atoms with Crippen LogP contribution in [-0.2, 0) is 0 Å². The average molecular weight is 296 g/mol. The summed E-state index contributed by atoms with van der Waals surface area (Å²) in [5.41, 5.74) is 3.24. The maximum atomic E-state index is 14.3. The number of rotatable bonds is 5. The molecule has 1 aliphatic rings. The number of nitrogens with one attached hydrogen (secondary N) is 1. The lowest BCUT2D eigenvalue weighted by Gasteiger charge is -2.34. The number of hydrogen-bond donors (Lipinski definition) is 2. The van der Waals surface area contributed by atoms with Gasteiger partial charge >= 0.3 is 0 Å². The monoisotopic (exact) mass is 296 g/mol. The highest BCUT2D eigenvalue weighted by Gasteiger charge is 2.31. The molecule has 0 aliphatic heterocycles. The molecule has 0 amide bonds. The summed E-state index contributed by atoms with van der Waals surface area (Å²) in [5.74, 6) is 5.63. The van der Waals surface area contributed by atoms with Gasteiger partial charge in [0.1, 0.15) is 11.6 Å². The predicted molar refractivity (Wildman–Crippen MR) is 81.5 cm³/mol. The molecule has 1 atom stereocenters. The molecule has 0 radical (unpaired) electrons. The van der Waals surface area contributed by atoms with Crippen LogP contribution in [0.15, 0.2) is 12.1 Å². The topological polar surface area (TPSA) is 38.0 Å². The third-order valence-corrected chi connectivity index (χ3v) is 4.87. The van der Waals surface area contributed by atoms with Crippen molar-refractivity contribution in [1.82, 2.24) is 5.43 Å². The molecule has 0 heterocycles. The first kappa shape index (κ1) is 16.4. The average Bonchev–Trinajstić information content (AvgIpc) is 2.49. The van der Waals surface area contributed by atoms with Gasteiger partial charge in [-0.05, 0) is 43.2 Å². The van der Waals surface area contributed by atoms with Crippen LogP contribution >= 0.6 is 0 Å². The summed E-state index contributed by atoms with van der Waals surface area (Å²) < 4.78 is 28.4. The Morgan fingerprint density at radius 3 is 2.48 bits per heavy atom. The Bertz CT molecular complexity index is 468. The summed E-state index contributed by atoms with van der Waals surface area (Å²) in [4.78, 5) is 0. The van der Waals surface area contributed by atoms with Crippen molar-refractivity contribution in [1.29, 1.82) is 0 Å². The molecule has 0 spiro atoms. The van der Waals surface area contributed by atoms with Gasteiger partial charge in [0.2, 0.25) is 0 Å². The Hall–Kier alpha value is -1.00. The normalized spacial score (nSPS) is 24.0. The minimum Gasteiger partial charge on any atom is -0.271 e.